The highest BCUT2D eigenvalue weighted by Crippen LogP contribution is 2.30. The molecule has 1 aromatic carbocycles. The first kappa shape index (κ1) is 18.7. The van der Waals surface area contributed by atoms with Crippen molar-refractivity contribution in [3.8, 4) is 11.6 Å². The number of amides is 2. The van der Waals surface area contributed by atoms with Gasteiger partial charge in [-0.1, -0.05) is 6.07 Å². The summed E-state index contributed by atoms with van der Waals surface area (Å²) in [5.41, 5.74) is 0.754. The van der Waals surface area contributed by atoms with Gasteiger partial charge in [0.25, 0.3) is 0 Å². The molecule has 146 valence electrons. The van der Waals surface area contributed by atoms with Crippen molar-refractivity contribution in [3.63, 3.8) is 0 Å². The lowest BCUT2D eigenvalue weighted by Crippen LogP contribution is -2.57. The van der Waals surface area contributed by atoms with Crippen LogP contribution in [0.25, 0.3) is 0 Å². The molecule has 4 rings (SSSR count). The van der Waals surface area contributed by atoms with Crippen LogP contribution in [0.1, 0.15) is 6.42 Å². The minimum atomic E-state index is -0.332. The summed E-state index contributed by atoms with van der Waals surface area (Å²) in [6.07, 6.45) is 1.81. The number of carbonyl (C=O) groups is 2. The molecule has 0 aliphatic carbocycles. The van der Waals surface area contributed by atoms with Gasteiger partial charge in [0.05, 0.1) is 30.6 Å². The highest BCUT2D eigenvalue weighted by Gasteiger charge is 2.41. The molecular formula is C20H20BrN3O4. The summed E-state index contributed by atoms with van der Waals surface area (Å²) in [5.74, 6) is 0.834. The smallest absolute Gasteiger partial charge is 0.228 e. The molecule has 2 aromatic rings. The molecule has 2 aliphatic heterocycles. The van der Waals surface area contributed by atoms with Crippen molar-refractivity contribution in [2.75, 3.05) is 31.6 Å². The van der Waals surface area contributed by atoms with E-state index in [0.29, 0.717) is 31.3 Å². The van der Waals surface area contributed by atoms with E-state index in [2.05, 4.69) is 20.9 Å². The monoisotopic (exact) mass is 445 g/mol. The maximum atomic E-state index is 12.8. The maximum absolute atomic E-state index is 12.8. The molecule has 0 bridgehead atoms. The van der Waals surface area contributed by atoms with Gasteiger partial charge in [0.15, 0.2) is 0 Å². The fourth-order valence-corrected chi connectivity index (χ4v) is 3.82. The van der Waals surface area contributed by atoms with Crippen molar-refractivity contribution in [1.29, 1.82) is 0 Å². The molecule has 3 heterocycles. The van der Waals surface area contributed by atoms with Crippen LogP contribution in [0.5, 0.6) is 11.6 Å². The first-order valence-electron chi connectivity index (χ1n) is 9.05. The Morgan fingerprint density at radius 1 is 1.21 bits per heavy atom. The SMILES string of the molecule is COc1cccc(N2CC(C(=O)N3CC(Oc4ncccc4Br)C3)CC2=O)c1. The van der Waals surface area contributed by atoms with Gasteiger partial charge < -0.3 is 19.3 Å². The molecule has 1 unspecified atom stereocenters. The Morgan fingerprint density at radius 2 is 2.04 bits per heavy atom. The summed E-state index contributed by atoms with van der Waals surface area (Å²) < 4.78 is 11.8. The topological polar surface area (TPSA) is 72.0 Å². The van der Waals surface area contributed by atoms with Crippen LogP contribution in [-0.4, -0.2) is 54.5 Å². The number of halogens is 1. The van der Waals surface area contributed by atoms with Crippen LogP contribution in [0.4, 0.5) is 5.69 Å². The van der Waals surface area contributed by atoms with Gasteiger partial charge in [0.1, 0.15) is 11.9 Å². The Labute approximate surface area is 171 Å². The Morgan fingerprint density at radius 3 is 2.79 bits per heavy atom. The first-order valence-corrected chi connectivity index (χ1v) is 9.85. The lowest BCUT2D eigenvalue weighted by atomic mass is 10.0. The summed E-state index contributed by atoms with van der Waals surface area (Å²) >= 11 is 3.40. The van der Waals surface area contributed by atoms with Crippen molar-refractivity contribution in [3.05, 3.63) is 47.1 Å². The van der Waals surface area contributed by atoms with E-state index >= 15 is 0 Å². The largest absolute Gasteiger partial charge is 0.497 e. The van der Waals surface area contributed by atoms with Crippen molar-refractivity contribution >= 4 is 33.4 Å². The van der Waals surface area contributed by atoms with Crippen LogP contribution in [-0.2, 0) is 9.59 Å². The molecule has 8 heteroatoms. The minimum absolute atomic E-state index is 0.00122. The number of likely N-dealkylation sites (tertiary alicyclic amines) is 1. The van der Waals surface area contributed by atoms with Crippen molar-refractivity contribution in [2.24, 2.45) is 5.92 Å². The average Bonchev–Trinajstić information content (AvgIpc) is 3.07. The molecule has 1 atom stereocenters. The second-order valence-corrected chi connectivity index (χ2v) is 7.73. The molecule has 2 fully saturated rings. The Bertz CT molecular complexity index is 901. The van der Waals surface area contributed by atoms with E-state index in [9.17, 15) is 9.59 Å². The van der Waals surface area contributed by atoms with Gasteiger partial charge in [0.2, 0.25) is 17.7 Å². The average molecular weight is 446 g/mol. The molecule has 0 spiro atoms. The molecule has 2 saturated heterocycles. The number of rotatable bonds is 5. The van der Waals surface area contributed by atoms with E-state index in [0.717, 1.165) is 10.2 Å². The normalized spacial score (nSPS) is 19.5. The predicted molar refractivity (Wildman–Crippen MR) is 106 cm³/mol. The van der Waals surface area contributed by atoms with Gasteiger partial charge in [-0.05, 0) is 40.2 Å². The number of pyridine rings is 1. The molecule has 0 N–H and O–H groups in total. The van der Waals surface area contributed by atoms with Gasteiger partial charge in [-0.25, -0.2) is 4.98 Å². The predicted octanol–water partition coefficient (Wildman–Crippen LogP) is 2.50. The number of carbonyl (C=O) groups excluding carboxylic acids is 2. The molecule has 7 nitrogen and oxygen atoms in total. The summed E-state index contributed by atoms with van der Waals surface area (Å²) in [6, 6.07) is 11.0. The highest BCUT2D eigenvalue weighted by atomic mass is 79.9. The van der Waals surface area contributed by atoms with Crippen LogP contribution in [0.3, 0.4) is 0 Å². The first-order chi connectivity index (χ1) is 13.5. The van der Waals surface area contributed by atoms with E-state index in [1.165, 1.54) is 0 Å². The fourth-order valence-electron chi connectivity index (χ4n) is 3.47. The Hall–Kier alpha value is -2.61. The highest BCUT2D eigenvalue weighted by molar-refractivity contribution is 9.10. The number of nitrogens with zero attached hydrogens (tertiary/aromatic N) is 3. The maximum Gasteiger partial charge on any atom is 0.228 e. The van der Waals surface area contributed by atoms with E-state index in [1.54, 1.807) is 23.1 Å². The second kappa shape index (κ2) is 7.79. The van der Waals surface area contributed by atoms with Crippen LogP contribution in [0, 0.1) is 5.92 Å². The van der Waals surface area contributed by atoms with Crippen molar-refractivity contribution in [2.45, 2.75) is 12.5 Å². The summed E-state index contributed by atoms with van der Waals surface area (Å²) in [5, 5.41) is 0. The zero-order valence-electron chi connectivity index (χ0n) is 15.4. The Balaban J connectivity index is 1.34. The third-order valence-corrected chi connectivity index (χ3v) is 5.61. The third kappa shape index (κ3) is 3.69. The standard InChI is InChI=1S/C20H20BrN3O4/c1-27-15-5-2-4-14(9-15)24-10-13(8-18(24)25)20(26)23-11-16(12-23)28-19-17(21)6-3-7-22-19/h2-7,9,13,16H,8,10-12H2,1H3. The summed E-state index contributed by atoms with van der Waals surface area (Å²) in [4.78, 5) is 32.8. The molecule has 28 heavy (non-hydrogen) atoms. The van der Waals surface area contributed by atoms with Gasteiger partial charge in [-0.2, -0.15) is 0 Å². The number of hydrogen-bond donors (Lipinski definition) is 0. The molecular weight excluding hydrogens is 426 g/mol. The van der Waals surface area contributed by atoms with Crippen molar-refractivity contribution in [1.82, 2.24) is 9.88 Å². The zero-order chi connectivity index (χ0) is 19.7. The number of anilines is 1. The third-order valence-electron chi connectivity index (χ3n) is 5.00. The molecule has 2 amide bonds. The lowest BCUT2D eigenvalue weighted by molar-refractivity contribution is -0.144. The van der Waals surface area contributed by atoms with Crippen LogP contribution >= 0.6 is 15.9 Å². The van der Waals surface area contributed by atoms with E-state index in [-0.39, 0.29) is 30.3 Å². The number of benzene rings is 1. The van der Waals surface area contributed by atoms with E-state index in [1.807, 2.05) is 36.4 Å². The zero-order valence-corrected chi connectivity index (χ0v) is 17.0. The number of hydrogen-bond acceptors (Lipinski definition) is 5. The molecule has 0 radical (unpaired) electrons. The quantitative estimate of drug-likeness (QED) is 0.706. The summed E-state index contributed by atoms with van der Waals surface area (Å²) in [7, 11) is 1.59. The van der Waals surface area contributed by atoms with Gasteiger partial charge in [-0.15, -0.1) is 0 Å². The second-order valence-electron chi connectivity index (χ2n) is 6.88. The van der Waals surface area contributed by atoms with Crippen LogP contribution < -0.4 is 14.4 Å². The van der Waals surface area contributed by atoms with Gasteiger partial charge in [0, 0.05) is 30.9 Å². The fraction of sp³-hybridized carbons (Fsp3) is 0.350. The van der Waals surface area contributed by atoms with E-state index < -0.39 is 0 Å². The molecule has 0 saturated carbocycles. The van der Waals surface area contributed by atoms with Gasteiger partial charge in [-0.3, -0.25) is 9.59 Å². The summed E-state index contributed by atoms with van der Waals surface area (Å²) in [6.45, 7) is 1.40. The van der Waals surface area contributed by atoms with Crippen LogP contribution in [0.15, 0.2) is 47.1 Å². The van der Waals surface area contributed by atoms with Crippen molar-refractivity contribution < 1.29 is 19.1 Å². The number of aromatic nitrogens is 1. The lowest BCUT2D eigenvalue weighted by Gasteiger charge is -2.40. The number of methoxy groups -OCH3 is 1. The Kier molecular flexibility index (Phi) is 5.21. The number of ether oxygens (including phenoxy) is 2. The van der Waals surface area contributed by atoms with Gasteiger partial charge >= 0.3 is 0 Å². The van der Waals surface area contributed by atoms with Crippen LogP contribution in [0.2, 0.25) is 0 Å². The molecule has 2 aliphatic rings. The minimum Gasteiger partial charge on any atom is -0.497 e. The molecule has 1 aromatic heterocycles. The van der Waals surface area contributed by atoms with E-state index in [4.69, 9.17) is 9.47 Å².